The molecule has 0 radical (unpaired) electrons. The van der Waals surface area contributed by atoms with Gasteiger partial charge in [-0.2, -0.15) is 0 Å². The fraction of sp³-hybridized carbons (Fsp3) is 0.429. The number of terminal acetylenes is 1. The molecule has 0 amide bonds. The second-order valence-corrected chi connectivity index (χ2v) is 2.01. The van der Waals surface area contributed by atoms with Crippen molar-refractivity contribution in [3.05, 3.63) is 0 Å². The summed E-state index contributed by atoms with van der Waals surface area (Å²) in [6, 6.07) is -1.23. The molecule has 5 heteroatoms. The van der Waals surface area contributed by atoms with Gasteiger partial charge >= 0.3 is 11.9 Å². The van der Waals surface area contributed by atoms with Gasteiger partial charge in [0.05, 0.1) is 6.42 Å². The first-order chi connectivity index (χ1) is 5.57. The Labute approximate surface area is 69.5 Å². The zero-order valence-corrected chi connectivity index (χ0v) is 6.32. The molecule has 66 valence electrons. The monoisotopic (exact) mass is 171 g/mol. The minimum atomic E-state index is -1.24. The number of carbonyl (C=O) groups excluding carboxylic acids is 1. The Kier molecular flexibility index (Phi) is 4.49. The first kappa shape index (κ1) is 10.5. The largest absolute Gasteiger partial charge is 0.480 e. The zero-order chi connectivity index (χ0) is 9.56. The molecule has 1 atom stereocenters. The van der Waals surface area contributed by atoms with Gasteiger partial charge in [-0.1, -0.05) is 5.92 Å². The molecule has 3 N–H and O–H groups in total. The summed E-state index contributed by atoms with van der Waals surface area (Å²) < 4.78 is 4.39. The molecule has 0 unspecified atom stereocenters. The maximum absolute atomic E-state index is 10.7. The molecule has 5 nitrogen and oxygen atoms in total. The van der Waals surface area contributed by atoms with E-state index in [2.05, 4.69) is 10.7 Å². The van der Waals surface area contributed by atoms with Crippen LogP contribution in [0.1, 0.15) is 6.42 Å². The lowest BCUT2D eigenvalue weighted by Gasteiger charge is -2.04. The number of carboxylic acids is 1. The van der Waals surface area contributed by atoms with Gasteiger partial charge in [0.1, 0.15) is 6.04 Å². The first-order valence-electron chi connectivity index (χ1n) is 3.15. The third-order valence-corrected chi connectivity index (χ3v) is 1.02. The highest BCUT2D eigenvalue weighted by Gasteiger charge is 2.16. The van der Waals surface area contributed by atoms with Crippen molar-refractivity contribution in [1.82, 2.24) is 0 Å². The van der Waals surface area contributed by atoms with Crippen molar-refractivity contribution in [2.75, 3.05) is 6.61 Å². The van der Waals surface area contributed by atoms with Crippen LogP contribution in [0.2, 0.25) is 0 Å². The molecule has 0 aromatic carbocycles. The number of nitrogens with two attached hydrogens (primary N) is 1. The van der Waals surface area contributed by atoms with Gasteiger partial charge in [0.25, 0.3) is 0 Å². The predicted molar refractivity (Wildman–Crippen MR) is 40.0 cm³/mol. The van der Waals surface area contributed by atoms with Gasteiger partial charge in [0, 0.05) is 0 Å². The summed E-state index contributed by atoms with van der Waals surface area (Å²) >= 11 is 0. The molecule has 0 saturated carbocycles. The second-order valence-electron chi connectivity index (χ2n) is 2.01. The Morgan fingerprint density at radius 1 is 1.67 bits per heavy atom. The number of esters is 1. The normalized spacial score (nSPS) is 11.3. The molecule has 0 fully saturated rings. The lowest BCUT2D eigenvalue weighted by atomic mass is 10.2. The van der Waals surface area contributed by atoms with E-state index in [1.807, 2.05) is 0 Å². The minimum Gasteiger partial charge on any atom is -0.480 e. The minimum absolute atomic E-state index is 0.162. The molecular weight excluding hydrogens is 162 g/mol. The van der Waals surface area contributed by atoms with Gasteiger partial charge in [-0.25, -0.2) is 0 Å². The topological polar surface area (TPSA) is 89.6 Å². The number of rotatable bonds is 4. The quantitative estimate of drug-likeness (QED) is 0.416. The summed E-state index contributed by atoms with van der Waals surface area (Å²) in [7, 11) is 0. The van der Waals surface area contributed by atoms with Crippen LogP contribution in [0.5, 0.6) is 0 Å². The van der Waals surface area contributed by atoms with Crippen molar-refractivity contribution < 1.29 is 19.4 Å². The molecule has 0 heterocycles. The molecule has 0 spiro atoms. The van der Waals surface area contributed by atoms with E-state index in [1.165, 1.54) is 0 Å². The fourth-order valence-corrected chi connectivity index (χ4v) is 0.448. The Morgan fingerprint density at radius 3 is 2.67 bits per heavy atom. The smallest absolute Gasteiger partial charge is 0.321 e. The molecule has 0 aromatic rings. The lowest BCUT2D eigenvalue weighted by Crippen LogP contribution is -2.33. The highest BCUT2D eigenvalue weighted by Crippen LogP contribution is 1.91. The van der Waals surface area contributed by atoms with Gasteiger partial charge < -0.3 is 15.6 Å². The van der Waals surface area contributed by atoms with Gasteiger partial charge in [-0.3, -0.25) is 9.59 Å². The number of carbonyl (C=O) groups is 2. The van der Waals surface area contributed by atoms with Crippen LogP contribution in [0, 0.1) is 12.3 Å². The third-order valence-electron chi connectivity index (χ3n) is 1.02. The van der Waals surface area contributed by atoms with Crippen molar-refractivity contribution >= 4 is 11.9 Å². The van der Waals surface area contributed by atoms with Gasteiger partial charge in [-0.05, 0) is 0 Å². The lowest BCUT2D eigenvalue weighted by molar-refractivity contribution is -0.147. The second kappa shape index (κ2) is 5.16. The van der Waals surface area contributed by atoms with E-state index in [0.717, 1.165) is 0 Å². The van der Waals surface area contributed by atoms with Crippen LogP contribution < -0.4 is 5.73 Å². The molecular formula is C7H9NO4. The fourth-order valence-electron chi connectivity index (χ4n) is 0.448. The average Bonchev–Trinajstić information content (AvgIpc) is 2.00. The van der Waals surface area contributed by atoms with E-state index >= 15 is 0 Å². The summed E-state index contributed by atoms with van der Waals surface area (Å²) in [6.45, 7) is -0.162. The molecule has 0 aliphatic carbocycles. The number of ether oxygens (including phenoxy) is 1. The van der Waals surface area contributed by atoms with Crippen LogP contribution in [-0.4, -0.2) is 29.7 Å². The van der Waals surface area contributed by atoms with Crippen molar-refractivity contribution in [2.45, 2.75) is 12.5 Å². The SMILES string of the molecule is C#CCOC(=O)C[C@H](N)C(=O)O. The van der Waals surface area contributed by atoms with Crippen LogP contribution in [-0.2, 0) is 14.3 Å². The summed E-state index contributed by atoms with van der Waals surface area (Å²) in [4.78, 5) is 20.8. The molecule has 0 aliphatic heterocycles. The predicted octanol–water partition coefficient (Wildman–Crippen LogP) is -1.04. The van der Waals surface area contributed by atoms with E-state index in [0.29, 0.717) is 0 Å². The summed E-state index contributed by atoms with van der Waals surface area (Å²) in [5.74, 6) is 0.121. The number of hydrogen-bond acceptors (Lipinski definition) is 4. The molecule has 12 heavy (non-hydrogen) atoms. The highest BCUT2D eigenvalue weighted by atomic mass is 16.5. The Bertz CT molecular complexity index is 218. The Morgan fingerprint density at radius 2 is 2.25 bits per heavy atom. The summed E-state index contributed by atoms with van der Waals surface area (Å²) in [5.41, 5.74) is 5.04. The van der Waals surface area contributed by atoms with E-state index in [1.54, 1.807) is 0 Å². The molecule has 0 rings (SSSR count). The molecule has 0 saturated heterocycles. The van der Waals surface area contributed by atoms with Crippen LogP contribution in [0.25, 0.3) is 0 Å². The molecule has 0 aromatic heterocycles. The van der Waals surface area contributed by atoms with Gasteiger partial charge in [0.2, 0.25) is 0 Å². The molecule has 0 aliphatic rings. The Hall–Kier alpha value is -1.54. The van der Waals surface area contributed by atoms with Crippen molar-refractivity contribution in [2.24, 2.45) is 5.73 Å². The summed E-state index contributed by atoms with van der Waals surface area (Å²) in [5, 5.41) is 8.28. The van der Waals surface area contributed by atoms with E-state index in [-0.39, 0.29) is 13.0 Å². The Balaban J connectivity index is 3.71. The maximum Gasteiger partial charge on any atom is 0.321 e. The molecule has 0 bridgehead atoms. The van der Waals surface area contributed by atoms with Crippen molar-refractivity contribution in [1.29, 1.82) is 0 Å². The summed E-state index contributed by atoms with van der Waals surface area (Å²) in [6.07, 6.45) is 4.43. The third kappa shape index (κ3) is 4.30. The van der Waals surface area contributed by atoms with Crippen LogP contribution in [0.3, 0.4) is 0 Å². The van der Waals surface area contributed by atoms with Gasteiger partial charge in [-0.15, -0.1) is 6.42 Å². The van der Waals surface area contributed by atoms with E-state index in [4.69, 9.17) is 17.3 Å². The number of carboxylic acid groups (broad SMARTS) is 1. The van der Waals surface area contributed by atoms with E-state index in [9.17, 15) is 9.59 Å². The highest BCUT2D eigenvalue weighted by molar-refractivity contribution is 5.81. The van der Waals surface area contributed by atoms with Crippen molar-refractivity contribution in [3.63, 3.8) is 0 Å². The average molecular weight is 171 g/mol. The maximum atomic E-state index is 10.7. The standard InChI is InChI=1S/C7H9NO4/c1-2-3-12-6(9)4-5(8)7(10)11/h1,5H,3-4,8H2,(H,10,11)/t5-/m0/s1. The first-order valence-corrected chi connectivity index (χ1v) is 3.15. The van der Waals surface area contributed by atoms with Crippen LogP contribution in [0.4, 0.5) is 0 Å². The van der Waals surface area contributed by atoms with Crippen molar-refractivity contribution in [3.8, 4) is 12.3 Å². The van der Waals surface area contributed by atoms with Crippen LogP contribution in [0.15, 0.2) is 0 Å². The van der Waals surface area contributed by atoms with Gasteiger partial charge in [0.15, 0.2) is 6.61 Å². The number of aliphatic carboxylic acids is 1. The van der Waals surface area contributed by atoms with Crippen LogP contribution >= 0.6 is 0 Å². The zero-order valence-electron chi connectivity index (χ0n) is 6.32. The van der Waals surface area contributed by atoms with E-state index < -0.39 is 18.0 Å². The number of hydrogen-bond donors (Lipinski definition) is 2.